The molecular formula is C48H65N7O8PSi2+. The van der Waals surface area contributed by atoms with Crippen LogP contribution in [0.4, 0.5) is 5.82 Å². The van der Waals surface area contributed by atoms with Crippen LogP contribution in [0, 0.1) is 0 Å². The molecule has 1 amide bonds. The third-order valence-corrected chi connectivity index (χ3v) is 23.1. The van der Waals surface area contributed by atoms with Crippen molar-refractivity contribution in [3.05, 3.63) is 109 Å². The Labute approximate surface area is 391 Å². The number of amides is 1. The summed E-state index contributed by atoms with van der Waals surface area (Å²) in [5.41, 5.74) is 0.773. The van der Waals surface area contributed by atoms with Gasteiger partial charge in [-0.25, -0.2) is 15.0 Å². The van der Waals surface area contributed by atoms with Crippen molar-refractivity contribution < 1.29 is 37.5 Å². The number of nitrogens with zero attached hydrogens (tertiary/aromatic N) is 6. The topological polar surface area (TPSA) is 183 Å². The lowest BCUT2D eigenvalue weighted by atomic mass is 10.1. The van der Waals surface area contributed by atoms with E-state index in [1.54, 1.807) is 30.3 Å². The summed E-state index contributed by atoms with van der Waals surface area (Å²) in [6.07, 6.45) is 5.41. The zero-order chi connectivity index (χ0) is 47.3. The zero-order valence-corrected chi connectivity index (χ0v) is 42.3. The fraction of sp³-hybridized carbons (Fsp3) is 0.479. The van der Waals surface area contributed by atoms with Gasteiger partial charge >= 0.3 is 8.25 Å². The number of hydrogen-bond donors (Lipinski definition) is 3. The van der Waals surface area contributed by atoms with Crippen molar-refractivity contribution in [2.45, 2.75) is 121 Å². The second-order valence-corrected chi connectivity index (χ2v) is 29.4. The highest BCUT2D eigenvalue weighted by Gasteiger charge is 2.66. The average Bonchev–Trinajstić information content (AvgIpc) is 3.71. The molecule has 0 radical (unpaired) electrons. The maximum absolute atomic E-state index is 13.1. The fourth-order valence-corrected chi connectivity index (χ4v) is 15.1. The van der Waals surface area contributed by atoms with E-state index >= 15 is 0 Å². The highest BCUT2D eigenvalue weighted by molar-refractivity contribution is 7.32. The normalized spacial score (nSPS) is 21.8. The minimum absolute atomic E-state index is 0.0725. The van der Waals surface area contributed by atoms with Crippen molar-refractivity contribution in [3.8, 4) is 0 Å². The van der Waals surface area contributed by atoms with Crippen molar-refractivity contribution in [1.82, 2.24) is 24.4 Å². The van der Waals surface area contributed by atoms with Crippen LogP contribution in [-0.4, -0.2) is 107 Å². The molecule has 2 saturated heterocycles. The molecule has 2 aromatic heterocycles. The number of aliphatic hydroxyl groups is 1. The van der Waals surface area contributed by atoms with Gasteiger partial charge in [-0.3, -0.25) is 14.4 Å². The maximum Gasteiger partial charge on any atom is 0.698 e. The Morgan fingerprint density at radius 1 is 0.864 bits per heavy atom. The summed E-state index contributed by atoms with van der Waals surface area (Å²) >= 11 is 0. The number of anilines is 1. The van der Waals surface area contributed by atoms with Crippen molar-refractivity contribution in [3.63, 3.8) is 0 Å². The molecule has 3 aliphatic rings. The standard InChI is InChI=1S/C39H48N5O8PSi2.C9H16N2/c1-37(2,3)54(7,8)51-32-30(24-49-55(38(4,5)6,28-20-14-10-15-21-28)29-22-16-11-17-23-29)50-36(39(32,46)52-53(47)48)44-26-42-31-33(40-25-41-34(31)44)43-35(45)27-18-12-9-13-19-27;1-2-5-9-10-6-4-8-11(9)7-3-1/h9-23,25-26,30,32,36,46H,24H2,1-8H3,(H-,40,41,43,45,47,48);1-8H2/p+1/t30-,32-,36-,39+;/m1./s1. The average molecular weight is 955 g/mol. The van der Waals surface area contributed by atoms with Crippen LogP contribution < -0.4 is 15.7 Å². The second kappa shape index (κ2) is 20.4. The Bertz CT molecular complexity index is 2430. The van der Waals surface area contributed by atoms with E-state index in [1.165, 1.54) is 68.3 Å². The lowest BCUT2D eigenvalue weighted by Gasteiger charge is -2.44. The lowest BCUT2D eigenvalue weighted by molar-refractivity contribution is -0.226. The SMILES string of the molecule is C1CCC2=NCCCN2CC1.CC(C)(C)[Si](C)(C)O[C@@H]1[C@@H](CO[Si](c2ccccc2)(c2ccccc2)C(C)(C)C)O[C@@H](n2cnc3c(NC(=O)c4ccccc4)ncnc32)[C@@]1(O)O[P+](=O)O. The van der Waals surface area contributed by atoms with E-state index in [0.717, 1.165) is 16.9 Å². The smallest absolute Gasteiger partial charge is 0.406 e. The minimum atomic E-state index is -3.39. The van der Waals surface area contributed by atoms with Crippen LogP contribution in [0.2, 0.25) is 23.2 Å². The van der Waals surface area contributed by atoms with Crippen molar-refractivity contribution in [2.75, 3.05) is 31.6 Å². The molecule has 66 heavy (non-hydrogen) atoms. The fourth-order valence-electron chi connectivity index (χ4n) is 8.80. The summed E-state index contributed by atoms with van der Waals surface area (Å²) in [6, 6.07) is 28.9. The van der Waals surface area contributed by atoms with Gasteiger partial charge in [0, 0.05) is 36.2 Å². The van der Waals surface area contributed by atoms with Gasteiger partial charge in [0.15, 0.2) is 31.5 Å². The van der Waals surface area contributed by atoms with Crippen LogP contribution in [0.1, 0.15) is 90.2 Å². The third kappa shape index (κ3) is 10.4. The number of benzene rings is 3. The molecule has 3 N–H and O–H groups in total. The van der Waals surface area contributed by atoms with E-state index in [-0.39, 0.29) is 33.7 Å². The number of hydrogen-bond acceptors (Lipinski definition) is 12. The third-order valence-electron chi connectivity index (χ3n) is 13.2. The zero-order valence-electron chi connectivity index (χ0n) is 39.4. The molecule has 3 aromatic carbocycles. The van der Waals surface area contributed by atoms with Gasteiger partial charge in [0.05, 0.1) is 18.8 Å². The van der Waals surface area contributed by atoms with E-state index in [1.807, 2.05) is 49.5 Å². The lowest BCUT2D eigenvalue weighted by Crippen LogP contribution is -2.67. The minimum Gasteiger partial charge on any atom is -0.406 e. The first-order valence-corrected chi connectivity index (χ1v) is 28.8. The monoisotopic (exact) mass is 954 g/mol. The Kier molecular flexibility index (Phi) is 15.2. The number of imidazole rings is 1. The van der Waals surface area contributed by atoms with Crippen molar-refractivity contribution in [2.24, 2.45) is 4.99 Å². The molecule has 15 nitrogen and oxygen atoms in total. The number of aliphatic imine (C=N–C) groups is 1. The summed E-state index contributed by atoms with van der Waals surface area (Å²) in [5, 5.41) is 16.8. The number of fused-ring (bicyclic) bond motifs is 2. The molecule has 5 atom stereocenters. The van der Waals surface area contributed by atoms with E-state index in [9.17, 15) is 19.4 Å². The predicted molar refractivity (Wildman–Crippen MR) is 262 cm³/mol. The summed E-state index contributed by atoms with van der Waals surface area (Å²) in [5.74, 6) is -1.43. The van der Waals surface area contributed by atoms with Gasteiger partial charge in [-0.1, -0.05) is 131 Å². The molecule has 18 heteroatoms. The van der Waals surface area contributed by atoms with E-state index < -0.39 is 55.0 Å². The van der Waals surface area contributed by atoms with Crippen LogP contribution in [0.25, 0.3) is 11.2 Å². The molecule has 5 aromatic rings. The van der Waals surface area contributed by atoms with Gasteiger partial charge in [0.25, 0.3) is 20.0 Å². The van der Waals surface area contributed by atoms with E-state index in [0.29, 0.717) is 5.56 Å². The summed E-state index contributed by atoms with van der Waals surface area (Å²) in [7, 11) is -9.28. The number of rotatable bonds is 12. The van der Waals surface area contributed by atoms with Crippen LogP contribution in [0.5, 0.6) is 0 Å². The molecule has 1 unspecified atom stereocenters. The molecule has 0 saturated carbocycles. The number of nitrogens with one attached hydrogen (secondary N) is 1. The van der Waals surface area contributed by atoms with Gasteiger partial charge in [0.1, 0.15) is 18.5 Å². The highest BCUT2D eigenvalue weighted by atomic mass is 31.1. The molecular weight excluding hydrogens is 890 g/mol. The van der Waals surface area contributed by atoms with Gasteiger partial charge < -0.3 is 28.9 Å². The molecule has 0 bridgehead atoms. The molecule has 3 aliphatic heterocycles. The first-order valence-electron chi connectivity index (χ1n) is 22.8. The first-order chi connectivity index (χ1) is 31.4. The van der Waals surface area contributed by atoms with Crippen molar-refractivity contribution in [1.29, 1.82) is 0 Å². The summed E-state index contributed by atoms with van der Waals surface area (Å²) in [6.45, 7) is 20.2. The Morgan fingerprint density at radius 2 is 1.48 bits per heavy atom. The number of amidine groups is 1. The van der Waals surface area contributed by atoms with Gasteiger partial charge in [-0.05, 0) is 64.9 Å². The molecule has 8 rings (SSSR count). The van der Waals surface area contributed by atoms with Gasteiger partial charge in [-0.2, -0.15) is 0 Å². The Balaban J connectivity index is 0.000000511. The molecule has 0 spiro atoms. The van der Waals surface area contributed by atoms with Crippen LogP contribution >= 0.6 is 8.25 Å². The molecule has 352 valence electrons. The van der Waals surface area contributed by atoms with Crippen molar-refractivity contribution >= 4 is 64.0 Å². The van der Waals surface area contributed by atoms with E-state index in [4.69, 9.17) is 18.1 Å². The van der Waals surface area contributed by atoms with Crippen LogP contribution in [-0.2, 0) is 22.7 Å². The summed E-state index contributed by atoms with van der Waals surface area (Å²) in [4.78, 5) is 43.6. The number of carbonyl (C=O) groups is 1. The van der Waals surface area contributed by atoms with Gasteiger partial charge in [0.2, 0.25) is 0 Å². The van der Waals surface area contributed by atoms with Gasteiger partial charge in [-0.15, -0.1) is 4.89 Å². The summed E-state index contributed by atoms with van der Waals surface area (Å²) < 4.78 is 40.6. The Hall–Kier alpha value is -4.56. The second-order valence-electron chi connectivity index (χ2n) is 19.7. The Morgan fingerprint density at radius 3 is 2.09 bits per heavy atom. The predicted octanol–water partition coefficient (Wildman–Crippen LogP) is 7.96. The number of aromatic nitrogens is 4. The van der Waals surface area contributed by atoms with Crippen LogP contribution in [0.15, 0.2) is 109 Å². The quantitative estimate of drug-likeness (QED) is 0.0624. The molecule has 5 heterocycles. The van der Waals surface area contributed by atoms with Crippen LogP contribution in [0.3, 0.4) is 0 Å². The number of carbonyl (C=O) groups excluding carboxylic acids is 1. The molecule has 2 fully saturated rings. The maximum atomic E-state index is 13.1. The van der Waals surface area contributed by atoms with E-state index in [2.05, 4.69) is 96.0 Å². The largest absolute Gasteiger partial charge is 0.698 e. The highest BCUT2D eigenvalue weighted by Crippen LogP contribution is 2.50. The number of ether oxygens (including phenoxy) is 1. The first kappa shape index (κ1) is 49.4. The molecule has 0 aliphatic carbocycles.